The highest BCUT2D eigenvalue weighted by Gasteiger charge is 2.60. The number of carbonyl (C=O) groups is 1. The highest BCUT2D eigenvalue weighted by atomic mass is 16.6. The van der Waals surface area contributed by atoms with Crippen LogP contribution in [0.4, 0.5) is 0 Å². The van der Waals surface area contributed by atoms with Crippen LogP contribution in [0.1, 0.15) is 93.5 Å². The summed E-state index contributed by atoms with van der Waals surface area (Å²) in [6, 6.07) is 10.3. The second-order valence-corrected chi connectivity index (χ2v) is 14.7. The van der Waals surface area contributed by atoms with Crippen LogP contribution >= 0.6 is 0 Å². The summed E-state index contributed by atoms with van der Waals surface area (Å²) in [6.45, 7) is 8.11. The Morgan fingerprint density at radius 1 is 0.826 bits per heavy atom. The van der Waals surface area contributed by atoms with Crippen LogP contribution in [-0.4, -0.2) is 38.5 Å². The van der Waals surface area contributed by atoms with Crippen molar-refractivity contribution in [2.24, 2.45) is 17.3 Å². The Hall–Kier alpha value is -2.91. The molecule has 4 aliphatic rings. The minimum Gasteiger partial charge on any atom is -0.488 e. The molecule has 4 bridgehead atoms. The van der Waals surface area contributed by atoms with Gasteiger partial charge in [-0.25, -0.2) is 0 Å². The molecule has 4 fully saturated rings. The van der Waals surface area contributed by atoms with Crippen molar-refractivity contribution in [3.05, 3.63) is 64.4 Å². The SMILES string of the molecule is CCC(C)(C)C(=O)OC12CC3CC(CC(OCc4cc5ccoc5cc4COc4c(COC)cc(COC)cc4COC)(C3)C1)C2. The maximum Gasteiger partial charge on any atom is 0.312 e. The van der Waals surface area contributed by atoms with E-state index in [2.05, 4.69) is 31.2 Å². The minimum absolute atomic E-state index is 0.0760. The van der Waals surface area contributed by atoms with Crippen molar-refractivity contribution in [2.45, 2.75) is 110 Å². The molecule has 7 rings (SSSR count). The average Bonchev–Trinajstić information content (AvgIpc) is 3.46. The Morgan fingerprint density at radius 3 is 2.09 bits per heavy atom. The summed E-state index contributed by atoms with van der Waals surface area (Å²) < 4.78 is 42.3. The van der Waals surface area contributed by atoms with E-state index < -0.39 is 11.0 Å². The first kappa shape index (κ1) is 33.0. The molecular formula is C38H50O8. The molecule has 46 heavy (non-hydrogen) atoms. The predicted molar refractivity (Wildman–Crippen MR) is 174 cm³/mol. The number of esters is 1. The molecule has 0 radical (unpaired) electrons. The zero-order valence-electron chi connectivity index (χ0n) is 28.4. The molecule has 250 valence electrons. The van der Waals surface area contributed by atoms with Gasteiger partial charge in [-0.2, -0.15) is 0 Å². The molecule has 0 amide bonds. The molecule has 0 aliphatic heterocycles. The second-order valence-electron chi connectivity index (χ2n) is 14.7. The summed E-state index contributed by atoms with van der Waals surface area (Å²) in [5.41, 5.74) is 4.62. The molecule has 1 aromatic heterocycles. The zero-order valence-corrected chi connectivity index (χ0v) is 28.4. The van der Waals surface area contributed by atoms with E-state index >= 15 is 0 Å². The van der Waals surface area contributed by atoms with Crippen LogP contribution in [0, 0.1) is 17.3 Å². The highest BCUT2D eigenvalue weighted by Crippen LogP contribution is 2.60. The normalized spacial score (nSPS) is 25.3. The zero-order chi connectivity index (χ0) is 32.5. The van der Waals surface area contributed by atoms with E-state index in [0.29, 0.717) is 44.9 Å². The highest BCUT2D eigenvalue weighted by molar-refractivity contribution is 5.79. The van der Waals surface area contributed by atoms with Gasteiger partial charge in [0, 0.05) is 44.3 Å². The maximum absolute atomic E-state index is 13.3. The van der Waals surface area contributed by atoms with Crippen LogP contribution in [0.5, 0.6) is 5.75 Å². The van der Waals surface area contributed by atoms with Crippen molar-refractivity contribution in [1.29, 1.82) is 0 Å². The third-order valence-corrected chi connectivity index (χ3v) is 10.6. The first-order chi connectivity index (χ1) is 22.1. The molecule has 0 saturated heterocycles. The first-order valence-corrected chi connectivity index (χ1v) is 16.7. The first-order valence-electron chi connectivity index (χ1n) is 16.7. The summed E-state index contributed by atoms with van der Waals surface area (Å²) in [4.78, 5) is 13.3. The summed E-state index contributed by atoms with van der Waals surface area (Å²) >= 11 is 0. The average molecular weight is 635 g/mol. The van der Waals surface area contributed by atoms with Gasteiger partial charge >= 0.3 is 5.97 Å². The van der Waals surface area contributed by atoms with Gasteiger partial charge in [0.2, 0.25) is 0 Å². The summed E-state index contributed by atoms with van der Waals surface area (Å²) in [6.07, 6.45) is 8.41. The van der Waals surface area contributed by atoms with Crippen LogP contribution in [0.2, 0.25) is 0 Å². The van der Waals surface area contributed by atoms with Crippen LogP contribution in [-0.2, 0) is 61.5 Å². The van der Waals surface area contributed by atoms with Crippen LogP contribution < -0.4 is 4.74 Å². The van der Waals surface area contributed by atoms with Gasteiger partial charge in [0.15, 0.2) is 0 Å². The predicted octanol–water partition coefficient (Wildman–Crippen LogP) is 8.04. The third-order valence-electron chi connectivity index (χ3n) is 10.6. The lowest BCUT2D eigenvalue weighted by Gasteiger charge is -2.61. The lowest BCUT2D eigenvalue weighted by atomic mass is 9.52. The van der Waals surface area contributed by atoms with E-state index in [4.69, 9.17) is 32.8 Å². The molecule has 0 N–H and O–H groups in total. The van der Waals surface area contributed by atoms with Crippen LogP contribution in [0.3, 0.4) is 0 Å². The number of methoxy groups -OCH3 is 3. The number of fused-ring (bicyclic) bond motifs is 1. The molecule has 8 nitrogen and oxygen atoms in total. The Kier molecular flexibility index (Phi) is 9.55. The number of hydrogen-bond acceptors (Lipinski definition) is 8. The van der Waals surface area contributed by atoms with Crippen molar-refractivity contribution in [3.8, 4) is 5.75 Å². The second kappa shape index (κ2) is 13.3. The molecule has 2 atom stereocenters. The van der Waals surface area contributed by atoms with Crippen molar-refractivity contribution >= 4 is 16.9 Å². The maximum atomic E-state index is 13.3. The standard InChI is InChI=1S/C38H50O8/c1-7-36(2,3)35(39)46-38-17-26-10-27(18-38)16-37(15-26,24-38)45-23-29-13-28-8-9-43-33(28)14-30(29)22-44-34-31(20-41-5)11-25(19-40-4)12-32(34)21-42-6/h8-9,11-14,26-27H,7,10,15-24H2,1-6H3. The van der Waals surface area contributed by atoms with Crippen LogP contribution in [0.15, 0.2) is 41.0 Å². The van der Waals surface area contributed by atoms with E-state index in [9.17, 15) is 4.79 Å². The van der Waals surface area contributed by atoms with Gasteiger partial charge in [-0.3, -0.25) is 4.79 Å². The van der Waals surface area contributed by atoms with Crippen molar-refractivity contribution in [2.75, 3.05) is 21.3 Å². The van der Waals surface area contributed by atoms with E-state index in [1.165, 1.54) is 6.42 Å². The summed E-state index contributed by atoms with van der Waals surface area (Å²) in [5, 5.41) is 1.03. The molecule has 2 aromatic carbocycles. The number of carbonyl (C=O) groups excluding carboxylic acids is 1. The number of furan rings is 1. The number of benzene rings is 2. The molecule has 3 aromatic rings. The van der Waals surface area contributed by atoms with Gasteiger partial charge in [-0.15, -0.1) is 0 Å². The van der Waals surface area contributed by atoms with Crippen molar-refractivity contribution < 1.29 is 37.6 Å². The van der Waals surface area contributed by atoms with E-state index in [0.717, 1.165) is 83.1 Å². The van der Waals surface area contributed by atoms with E-state index in [1.54, 1.807) is 27.6 Å². The van der Waals surface area contributed by atoms with Gasteiger partial charge in [0.25, 0.3) is 0 Å². The van der Waals surface area contributed by atoms with Gasteiger partial charge in [0.05, 0.1) is 43.7 Å². The number of ether oxygens (including phenoxy) is 6. The fraction of sp³-hybridized carbons (Fsp3) is 0.605. The lowest BCUT2D eigenvalue weighted by molar-refractivity contribution is -0.241. The van der Waals surface area contributed by atoms with Crippen molar-refractivity contribution in [3.63, 3.8) is 0 Å². The Bertz CT molecular complexity index is 1500. The van der Waals surface area contributed by atoms with Gasteiger partial charge in [-0.1, -0.05) is 6.92 Å². The van der Waals surface area contributed by atoms with Crippen molar-refractivity contribution in [1.82, 2.24) is 0 Å². The monoisotopic (exact) mass is 634 g/mol. The summed E-state index contributed by atoms with van der Waals surface area (Å²) in [5.74, 6) is 1.73. The topological polar surface area (TPSA) is 85.6 Å². The fourth-order valence-corrected chi connectivity index (χ4v) is 8.40. The smallest absolute Gasteiger partial charge is 0.312 e. The molecule has 1 heterocycles. The molecule has 4 aliphatic carbocycles. The Morgan fingerprint density at radius 2 is 1.46 bits per heavy atom. The fourth-order valence-electron chi connectivity index (χ4n) is 8.40. The quantitative estimate of drug-likeness (QED) is 0.155. The molecular weight excluding hydrogens is 584 g/mol. The van der Waals surface area contributed by atoms with Gasteiger partial charge < -0.3 is 32.8 Å². The molecule has 0 spiro atoms. The summed E-state index contributed by atoms with van der Waals surface area (Å²) in [7, 11) is 5.06. The number of hydrogen-bond donors (Lipinski definition) is 0. The van der Waals surface area contributed by atoms with E-state index in [-0.39, 0.29) is 11.6 Å². The third kappa shape index (κ3) is 6.73. The van der Waals surface area contributed by atoms with Gasteiger partial charge in [0.1, 0.15) is 23.5 Å². The lowest BCUT2D eigenvalue weighted by Crippen LogP contribution is -2.61. The molecule has 8 heteroatoms. The molecule has 4 saturated carbocycles. The number of rotatable bonds is 15. The largest absolute Gasteiger partial charge is 0.488 e. The minimum atomic E-state index is -0.484. The Labute approximate surface area is 273 Å². The Balaban J connectivity index is 1.25. The van der Waals surface area contributed by atoms with Crippen LogP contribution in [0.25, 0.3) is 11.0 Å². The van der Waals surface area contributed by atoms with Gasteiger partial charge in [-0.05, 0) is 111 Å². The molecule has 2 unspecified atom stereocenters. The van der Waals surface area contributed by atoms with E-state index in [1.807, 2.05) is 19.9 Å².